The highest BCUT2D eigenvalue weighted by Gasteiger charge is 2.27. The fourth-order valence-corrected chi connectivity index (χ4v) is 2.84. The van der Waals surface area contributed by atoms with Crippen LogP contribution < -0.4 is 14.8 Å². The Morgan fingerprint density at radius 3 is 2.90 bits per heavy atom. The predicted octanol–water partition coefficient (Wildman–Crippen LogP) is 2.15. The molecule has 0 amide bonds. The molecule has 0 spiro atoms. The quantitative estimate of drug-likeness (QED) is 0.915. The SMILES string of the molecule is CCc1nc(C2COc3ccccc3O2)nc2c1CNC2. The van der Waals surface area contributed by atoms with E-state index >= 15 is 0 Å². The molecular weight excluding hydrogens is 266 g/mol. The third-order valence-corrected chi connectivity index (χ3v) is 3.92. The van der Waals surface area contributed by atoms with E-state index in [-0.39, 0.29) is 6.10 Å². The summed E-state index contributed by atoms with van der Waals surface area (Å²) in [6.07, 6.45) is 0.667. The molecule has 1 atom stereocenters. The van der Waals surface area contributed by atoms with E-state index in [4.69, 9.17) is 14.5 Å². The van der Waals surface area contributed by atoms with Gasteiger partial charge in [0.2, 0.25) is 0 Å². The van der Waals surface area contributed by atoms with Crippen LogP contribution in [0.3, 0.4) is 0 Å². The second-order valence-corrected chi connectivity index (χ2v) is 5.28. The van der Waals surface area contributed by atoms with Gasteiger partial charge in [0.1, 0.15) is 6.61 Å². The predicted molar refractivity (Wildman–Crippen MR) is 77.3 cm³/mol. The molecule has 1 N–H and O–H groups in total. The largest absolute Gasteiger partial charge is 0.485 e. The van der Waals surface area contributed by atoms with E-state index in [0.29, 0.717) is 6.61 Å². The first-order valence-electron chi connectivity index (χ1n) is 7.33. The van der Waals surface area contributed by atoms with Crippen LogP contribution in [0, 0.1) is 0 Å². The van der Waals surface area contributed by atoms with Crippen molar-refractivity contribution in [3.05, 3.63) is 47.0 Å². The van der Waals surface area contributed by atoms with Gasteiger partial charge in [-0.2, -0.15) is 0 Å². The Morgan fingerprint density at radius 2 is 2.05 bits per heavy atom. The third-order valence-electron chi connectivity index (χ3n) is 3.92. The van der Waals surface area contributed by atoms with Gasteiger partial charge < -0.3 is 14.8 Å². The molecular formula is C16H17N3O2. The molecule has 1 unspecified atom stereocenters. The number of aryl methyl sites for hydroxylation is 1. The molecule has 21 heavy (non-hydrogen) atoms. The smallest absolute Gasteiger partial charge is 0.192 e. The van der Waals surface area contributed by atoms with Crippen LogP contribution >= 0.6 is 0 Å². The van der Waals surface area contributed by atoms with Crippen LogP contribution in [0.15, 0.2) is 24.3 Å². The molecule has 0 fully saturated rings. The summed E-state index contributed by atoms with van der Waals surface area (Å²) in [6.45, 7) is 4.25. The normalized spacial score (nSPS) is 19.4. The van der Waals surface area contributed by atoms with Gasteiger partial charge in [0, 0.05) is 24.3 Å². The summed E-state index contributed by atoms with van der Waals surface area (Å²) in [4.78, 5) is 9.38. The van der Waals surface area contributed by atoms with Crippen molar-refractivity contribution in [3.63, 3.8) is 0 Å². The number of ether oxygens (including phenoxy) is 2. The molecule has 0 aliphatic carbocycles. The zero-order valence-corrected chi connectivity index (χ0v) is 11.9. The average Bonchev–Trinajstić information content (AvgIpc) is 3.02. The van der Waals surface area contributed by atoms with Gasteiger partial charge in [0.05, 0.1) is 5.69 Å². The molecule has 1 aromatic heterocycles. The highest BCUT2D eigenvalue weighted by atomic mass is 16.6. The van der Waals surface area contributed by atoms with E-state index in [1.807, 2.05) is 24.3 Å². The molecule has 2 aliphatic heterocycles. The van der Waals surface area contributed by atoms with Crippen molar-refractivity contribution in [2.75, 3.05) is 6.61 Å². The van der Waals surface area contributed by atoms with Gasteiger partial charge >= 0.3 is 0 Å². The Balaban J connectivity index is 1.69. The van der Waals surface area contributed by atoms with Gasteiger partial charge in [-0.3, -0.25) is 0 Å². The van der Waals surface area contributed by atoms with E-state index < -0.39 is 0 Å². The minimum absolute atomic E-state index is 0.240. The number of aromatic nitrogens is 2. The Kier molecular flexibility index (Phi) is 3.00. The molecule has 4 rings (SSSR count). The van der Waals surface area contributed by atoms with Crippen LogP contribution in [0.1, 0.15) is 35.8 Å². The number of hydrogen-bond acceptors (Lipinski definition) is 5. The molecule has 5 heteroatoms. The third kappa shape index (κ3) is 2.14. The van der Waals surface area contributed by atoms with Crippen LogP contribution in [-0.2, 0) is 19.5 Å². The Hall–Kier alpha value is -2.14. The molecule has 2 aromatic rings. The van der Waals surface area contributed by atoms with Crippen molar-refractivity contribution in [3.8, 4) is 11.5 Å². The first-order valence-corrected chi connectivity index (χ1v) is 7.33. The number of hydrogen-bond donors (Lipinski definition) is 1. The number of para-hydroxylation sites is 2. The summed E-state index contributed by atoms with van der Waals surface area (Å²) in [5, 5.41) is 3.33. The van der Waals surface area contributed by atoms with Crippen molar-refractivity contribution < 1.29 is 9.47 Å². The molecule has 2 aliphatic rings. The van der Waals surface area contributed by atoms with Crippen molar-refractivity contribution in [2.24, 2.45) is 0 Å². The van der Waals surface area contributed by atoms with Crippen LogP contribution in [0.4, 0.5) is 0 Å². The maximum atomic E-state index is 6.01. The Labute approximate surface area is 123 Å². The maximum Gasteiger partial charge on any atom is 0.192 e. The van der Waals surface area contributed by atoms with Crippen LogP contribution in [0.2, 0.25) is 0 Å². The summed E-state index contributed by atoms with van der Waals surface area (Å²) >= 11 is 0. The number of benzene rings is 1. The number of nitrogens with one attached hydrogen (secondary N) is 1. The van der Waals surface area contributed by atoms with E-state index in [1.165, 1.54) is 5.56 Å². The maximum absolute atomic E-state index is 6.01. The molecule has 0 saturated heterocycles. The average molecular weight is 283 g/mol. The first kappa shape index (κ1) is 12.6. The fraction of sp³-hybridized carbons (Fsp3) is 0.375. The molecule has 0 radical (unpaired) electrons. The zero-order chi connectivity index (χ0) is 14.2. The summed E-state index contributed by atoms with van der Waals surface area (Å²) in [5.74, 6) is 2.27. The van der Waals surface area contributed by atoms with E-state index in [9.17, 15) is 0 Å². The lowest BCUT2D eigenvalue weighted by Crippen LogP contribution is -2.24. The van der Waals surface area contributed by atoms with E-state index in [0.717, 1.165) is 48.2 Å². The van der Waals surface area contributed by atoms with Crippen LogP contribution in [0.5, 0.6) is 11.5 Å². The molecule has 108 valence electrons. The molecule has 5 nitrogen and oxygen atoms in total. The molecule has 3 heterocycles. The lowest BCUT2D eigenvalue weighted by molar-refractivity contribution is 0.0847. The van der Waals surface area contributed by atoms with Crippen molar-refractivity contribution in [1.82, 2.24) is 15.3 Å². The molecule has 0 saturated carbocycles. The fourth-order valence-electron chi connectivity index (χ4n) is 2.84. The lowest BCUT2D eigenvalue weighted by atomic mass is 10.1. The standard InChI is InChI=1S/C16H17N3O2/c1-2-11-10-7-17-8-12(10)19-16(18-11)15-9-20-13-5-3-4-6-14(13)21-15/h3-6,15,17H,2,7-9H2,1H3. The highest BCUT2D eigenvalue weighted by molar-refractivity contribution is 5.41. The van der Waals surface area contributed by atoms with Gasteiger partial charge in [0.15, 0.2) is 23.4 Å². The van der Waals surface area contributed by atoms with Crippen molar-refractivity contribution in [2.45, 2.75) is 32.5 Å². The van der Waals surface area contributed by atoms with Gasteiger partial charge in [-0.05, 0) is 18.6 Å². The van der Waals surface area contributed by atoms with E-state index in [1.54, 1.807) is 0 Å². The summed E-state index contributed by atoms with van der Waals surface area (Å²) in [5.41, 5.74) is 3.46. The Morgan fingerprint density at radius 1 is 1.19 bits per heavy atom. The minimum Gasteiger partial charge on any atom is -0.485 e. The Bertz CT molecular complexity index is 687. The highest BCUT2D eigenvalue weighted by Crippen LogP contribution is 2.35. The van der Waals surface area contributed by atoms with E-state index in [2.05, 4.69) is 17.2 Å². The molecule has 1 aromatic carbocycles. The second-order valence-electron chi connectivity index (χ2n) is 5.28. The van der Waals surface area contributed by atoms with Crippen molar-refractivity contribution in [1.29, 1.82) is 0 Å². The summed E-state index contributed by atoms with van der Waals surface area (Å²) < 4.78 is 11.8. The first-order chi connectivity index (χ1) is 10.3. The van der Waals surface area contributed by atoms with Crippen molar-refractivity contribution >= 4 is 0 Å². The van der Waals surface area contributed by atoms with Gasteiger partial charge in [-0.15, -0.1) is 0 Å². The monoisotopic (exact) mass is 283 g/mol. The number of fused-ring (bicyclic) bond motifs is 2. The topological polar surface area (TPSA) is 56.3 Å². The number of nitrogens with zero attached hydrogens (tertiary/aromatic N) is 2. The summed E-state index contributed by atoms with van der Waals surface area (Å²) in [6, 6.07) is 7.71. The van der Waals surface area contributed by atoms with Gasteiger partial charge in [-0.1, -0.05) is 19.1 Å². The van der Waals surface area contributed by atoms with Crippen LogP contribution in [-0.4, -0.2) is 16.6 Å². The second kappa shape index (κ2) is 5.00. The number of rotatable bonds is 2. The van der Waals surface area contributed by atoms with Gasteiger partial charge in [-0.25, -0.2) is 9.97 Å². The molecule has 0 bridgehead atoms. The lowest BCUT2D eigenvalue weighted by Gasteiger charge is -2.26. The summed E-state index contributed by atoms with van der Waals surface area (Å²) in [7, 11) is 0. The van der Waals surface area contributed by atoms with Crippen LogP contribution in [0.25, 0.3) is 0 Å². The zero-order valence-electron chi connectivity index (χ0n) is 11.9. The van der Waals surface area contributed by atoms with Gasteiger partial charge in [0.25, 0.3) is 0 Å². The minimum atomic E-state index is -0.240.